The van der Waals surface area contributed by atoms with Crippen LogP contribution in [0.1, 0.15) is 40.0 Å². The molecular weight excluding hydrogens is 505 g/mol. The van der Waals surface area contributed by atoms with Gasteiger partial charge in [0.2, 0.25) is 5.91 Å². The third-order valence-corrected chi connectivity index (χ3v) is 7.42. The maximum atomic E-state index is 13.8. The third kappa shape index (κ3) is 6.60. The number of benzene rings is 1. The number of anilines is 2. The Morgan fingerprint density at radius 3 is 2.47 bits per heavy atom. The first-order chi connectivity index (χ1) is 18.5. The minimum absolute atomic E-state index is 0.0493. The summed E-state index contributed by atoms with van der Waals surface area (Å²) in [6, 6.07) is 15.4. The Bertz CT molecular complexity index is 1390. The average Bonchev–Trinajstić information content (AvgIpc) is 3.39. The molecule has 0 spiro atoms. The number of halogens is 1. The predicted molar refractivity (Wildman–Crippen MR) is 142 cm³/mol. The number of carbonyl (C=O) groups is 2. The summed E-state index contributed by atoms with van der Waals surface area (Å²) in [6.45, 7) is 1.57. The second kappa shape index (κ2) is 12.0. The van der Waals surface area contributed by atoms with Crippen molar-refractivity contribution in [2.45, 2.75) is 38.0 Å². The Morgan fingerprint density at radius 1 is 0.921 bits per heavy atom. The monoisotopic (exact) mass is 531 g/mol. The number of ketones is 1. The number of nitrogens with one attached hydrogen (secondary N) is 1. The maximum Gasteiger partial charge on any atom is 0.231 e. The highest BCUT2D eigenvalue weighted by atomic mass is 32.1. The van der Waals surface area contributed by atoms with E-state index in [9.17, 15) is 14.0 Å². The van der Waals surface area contributed by atoms with Crippen LogP contribution in [0.15, 0.2) is 60.8 Å². The summed E-state index contributed by atoms with van der Waals surface area (Å²) in [5.74, 6) is 0.769. The first-order valence-electron chi connectivity index (χ1n) is 12.4. The zero-order valence-electron chi connectivity index (χ0n) is 20.6. The number of nitrogens with zero attached hydrogens (tertiary/aromatic N) is 6. The predicted octanol–water partition coefficient (Wildman–Crippen LogP) is 3.78. The van der Waals surface area contributed by atoms with Crippen LogP contribution in [0.5, 0.6) is 0 Å². The lowest BCUT2D eigenvalue weighted by Gasteiger charge is -2.31. The fourth-order valence-corrected chi connectivity index (χ4v) is 5.40. The number of pyridine rings is 1. The van der Waals surface area contributed by atoms with E-state index in [0.29, 0.717) is 22.1 Å². The van der Waals surface area contributed by atoms with Crippen LogP contribution in [-0.2, 0) is 28.9 Å². The number of hydrogen-bond donors (Lipinski definition) is 1. The second-order valence-corrected chi connectivity index (χ2v) is 10.2. The van der Waals surface area contributed by atoms with E-state index in [-0.39, 0.29) is 42.7 Å². The van der Waals surface area contributed by atoms with E-state index in [1.54, 1.807) is 42.6 Å². The number of Topliss-reactive ketones (excluding diaryl/α,β-unsaturated/α-hetero) is 1. The molecule has 0 radical (unpaired) electrons. The summed E-state index contributed by atoms with van der Waals surface area (Å²) in [4.78, 5) is 30.9. The molecule has 11 heteroatoms. The van der Waals surface area contributed by atoms with Gasteiger partial charge >= 0.3 is 0 Å². The van der Waals surface area contributed by atoms with Crippen LogP contribution in [0.3, 0.4) is 0 Å². The van der Waals surface area contributed by atoms with Gasteiger partial charge in [-0.3, -0.25) is 14.6 Å². The molecule has 3 aromatic heterocycles. The SMILES string of the molecule is O=C(Cc1nnc(C2CCN(c3ccc(NC(=O)Cc4ccccn4)nn3)CC2)s1)Cc1ccccc1F. The first kappa shape index (κ1) is 25.5. The van der Waals surface area contributed by atoms with E-state index in [0.717, 1.165) is 36.8 Å². The van der Waals surface area contributed by atoms with Gasteiger partial charge in [-0.05, 0) is 48.7 Å². The molecule has 1 saturated heterocycles. The number of carbonyl (C=O) groups excluding carboxylic acids is 2. The molecule has 1 aliphatic rings. The second-order valence-electron chi connectivity index (χ2n) is 9.10. The molecule has 0 bridgehead atoms. The highest BCUT2D eigenvalue weighted by Crippen LogP contribution is 2.32. The molecule has 1 aliphatic heterocycles. The molecule has 0 atom stereocenters. The van der Waals surface area contributed by atoms with Crippen LogP contribution in [0.2, 0.25) is 0 Å². The van der Waals surface area contributed by atoms with Crippen molar-refractivity contribution in [3.63, 3.8) is 0 Å². The smallest absolute Gasteiger partial charge is 0.231 e. The largest absolute Gasteiger partial charge is 0.355 e. The molecule has 5 rings (SSSR count). The van der Waals surface area contributed by atoms with E-state index in [1.807, 2.05) is 12.1 Å². The Labute approximate surface area is 223 Å². The van der Waals surface area contributed by atoms with Crippen LogP contribution >= 0.6 is 11.3 Å². The van der Waals surface area contributed by atoms with Crippen molar-refractivity contribution in [3.05, 3.63) is 87.9 Å². The van der Waals surface area contributed by atoms with E-state index in [1.165, 1.54) is 17.4 Å². The van der Waals surface area contributed by atoms with Gasteiger partial charge in [-0.1, -0.05) is 24.3 Å². The van der Waals surface area contributed by atoms with E-state index >= 15 is 0 Å². The summed E-state index contributed by atoms with van der Waals surface area (Å²) in [6.07, 6.45) is 3.79. The quantitative estimate of drug-likeness (QED) is 0.347. The van der Waals surface area contributed by atoms with Gasteiger partial charge in [0.05, 0.1) is 12.8 Å². The highest BCUT2D eigenvalue weighted by molar-refractivity contribution is 7.11. The van der Waals surface area contributed by atoms with Crippen molar-refractivity contribution in [3.8, 4) is 0 Å². The van der Waals surface area contributed by atoms with Gasteiger partial charge in [0, 0.05) is 37.3 Å². The Hall–Kier alpha value is -4.12. The number of aromatic nitrogens is 5. The van der Waals surface area contributed by atoms with Crippen molar-refractivity contribution in [2.75, 3.05) is 23.3 Å². The summed E-state index contributed by atoms with van der Waals surface area (Å²) < 4.78 is 13.8. The molecular formula is C27H26FN7O2S. The molecule has 1 amide bonds. The van der Waals surface area contributed by atoms with Gasteiger partial charge in [-0.2, -0.15) is 0 Å². The van der Waals surface area contributed by atoms with Gasteiger partial charge in [0.15, 0.2) is 11.6 Å². The fraction of sp³-hybridized carbons (Fsp3) is 0.296. The molecule has 0 aliphatic carbocycles. The Kier molecular flexibility index (Phi) is 8.03. The van der Waals surface area contributed by atoms with Crippen molar-refractivity contribution >= 4 is 34.7 Å². The van der Waals surface area contributed by atoms with Crippen LogP contribution in [-0.4, -0.2) is 50.2 Å². The number of piperidine rings is 1. The van der Waals surface area contributed by atoms with E-state index in [2.05, 4.69) is 35.6 Å². The van der Waals surface area contributed by atoms with Crippen molar-refractivity contribution in [1.29, 1.82) is 0 Å². The van der Waals surface area contributed by atoms with Gasteiger partial charge in [-0.25, -0.2) is 4.39 Å². The lowest BCUT2D eigenvalue weighted by molar-refractivity contribution is -0.118. The molecule has 9 nitrogen and oxygen atoms in total. The normalized spacial score (nSPS) is 13.9. The van der Waals surface area contributed by atoms with E-state index in [4.69, 9.17) is 0 Å². The first-order valence-corrected chi connectivity index (χ1v) is 13.2. The van der Waals surface area contributed by atoms with Gasteiger partial charge < -0.3 is 10.2 Å². The molecule has 1 aromatic carbocycles. The molecule has 38 heavy (non-hydrogen) atoms. The van der Waals surface area contributed by atoms with Gasteiger partial charge in [0.25, 0.3) is 0 Å². The number of amides is 1. The molecule has 0 saturated carbocycles. The third-order valence-electron chi connectivity index (χ3n) is 6.33. The Balaban J connectivity index is 1.09. The maximum absolute atomic E-state index is 13.8. The molecule has 4 heterocycles. The van der Waals surface area contributed by atoms with Gasteiger partial charge in [0.1, 0.15) is 21.6 Å². The summed E-state index contributed by atoms with van der Waals surface area (Å²) >= 11 is 1.46. The molecule has 1 fully saturated rings. The molecule has 0 unspecified atom stereocenters. The standard InChI is InChI=1S/C27H26FN7O2S/c28-22-7-2-1-5-19(22)15-21(36)17-26-33-34-27(38-26)18-10-13-35(14-11-18)24-9-8-23(31-32-24)30-25(37)16-20-6-3-4-12-29-20/h1-9,12,18H,10-11,13-17H2,(H,30,31,37). The fourth-order valence-electron chi connectivity index (χ4n) is 4.36. The summed E-state index contributed by atoms with van der Waals surface area (Å²) in [5.41, 5.74) is 1.09. The van der Waals surface area contributed by atoms with Crippen molar-refractivity contribution < 1.29 is 14.0 Å². The average molecular weight is 532 g/mol. The lowest BCUT2D eigenvalue weighted by Crippen LogP contribution is -2.33. The van der Waals surface area contributed by atoms with Crippen LogP contribution in [0, 0.1) is 5.82 Å². The van der Waals surface area contributed by atoms with Crippen LogP contribution < -0.4 is 10.2 Å². The number of hydrogen-bond acceptors (Lipinski definition) is 9. The summed E-state index contributed by atoms with van der Waals surface area (Å²) in [5, 5.41) is 21.3. The summed E-state index contributed by atoms with van der Waals surface area (Å²) in [7, 11) is 0. The van der Waals surface area contributed by atoms with Crippen LogP contribution in [0.4, 0.5) is 16.0 Å². The number of rotatable bonds is 9. The zero-order valence-corrected chi connectivity index (χ0v) is 21.4. The van der Waals surface area contributed by atoms with Crippen molar-refractivity contribution in [2.24, 2.45) is 0 Å². The topological polar surface area (TPSA) is 114 Å². The van der Waals surface area contributed by atoms with Crippen molar-refractivity contribution in [1.82, 2.24) is 25.4 Å². The van der Waals surface area contributed by atoms with E-state index < -0.39 is 0 Å². The minimum atomic E-state index is -0.366. The minimum Gasteiger partial charge on any atom is -0.355 e. The lowest BCUT2D eigenvalue weighted by atomic mass is 9.98. The van der Waals surface area contributed by atoms with Gasteiger partial charge in [-0.15, -0.1) is 31.7 Å². The zero-order chi connectivity index (χ0) is 26.3. The Morgan fingerprint density at radius 2 is 1.74 bits per heavy atom. The van der Waals surface area contributed by atoms with Crippen LogP contribution in [0.25, 0.3) is 0 Å². The molecule has 4 aromatic rings. The highest BCUT2D eigenvalue weighted by Gasteiger charge is 2.25. The molecule has 194 valence electrons. The molecule has 1 N–H and O–H groups in total.